The highest BCUT2D eigenvalue weighted by molar-refractivity contribution is 6.08. The Balaban J connectivity index is 1.95. The van der Waals surface area contributed by atoms with Crippen LogP contribution in [0, 0.1) is 0 Å². The van der Waals surface area contributed by atoms with Gasteiger partial charge in [-0.05, 0) is 30.2 Å². The molecule has 1 N–H and O–H groups in total. The lowest BCUT2D eigenvalue weighted by Gasteiger charge is -2.27. The van der Waals surface area contributed by atoms with Gasteiger partial charge in [-0.1, -0.05) is 49.4 Å². The van der Waals surface area contributed by atoms with E-state index < -0.39 is 17.7 Å². The topological polar surface area (TPSA) is 66.8 Å². The van der Waals surface area contributed by atoms with E-state index in [4.69, 9.17) is 4.74 Å². The molecule has 1 aliphatic rings. The number of hydrogen-bond acceptors (Lipinski definition) is 4. The minimum atomic E-state index is -0.585. The molecule has 1 unspecified atom stereocenters. The van der Waals surface area contributed by atoms with Gasteiger partial charge in [0.1, 0.15) is 5.75 Å². The van der Waals surface area contributed by atoms with Gasteiger partial charge in [-0.15, -0.1) is 0 Å². The Kier molecular flexibility index (Phi) is 5.60. The van der Waals surface area contributed by atoms with Crippen LogP contribution in [0.15, 0.2) is 65.9 Å². The Morgan fingerprint density at radius 1 is 1.07 bits per heavy atom. The summed E-state index contributed by atoms with van der Waals surface area (Å²) in [6.45, 7) is 4.52. The molecule has 1 aliphatic heterocycles. The molecule has 0 bridgehead atoms. The number of carbonyl (C=O) groups excluding carboxylic acids is 2. The Hall–Kier alpha value is -3.08. The van der Waals surface area contributed by atoms with Crippen molar-refractivity contribution in [3.8, 4) is 5.75 Å². The largest absolute Gasteiger partial charge is 0.503 e. The van der Waals surface area contributed by atoms with Crippen LogP contribution in [0.1, 0.15) is 37.4 Å². The maximum Gasteiger partial charge on any atom is 0.290 e. The second kappa shape index (κ2) is 8.08. The van der Waals surface area contributed by atoms with E-state index in [0.717, 1.165) is 16.9 Å². The third kappa shape index (κ3) is 3.72. The van der Waals surface area contributed by atoms with Crippen molar-refractivity contribution in [2.75, 3.05) is 6.61 Å². The monoisotopic (exact) mass is 365 g/mol. The van der Waals surface area contributed by atoms with Gasteiger partial charge in [0.15, 0.2) is 11.5 Å². The molecule has 1 heterocycles. The van der Waals surface area contributed by atoms with E-state index in [1.807, 2.05) is 61.5 Å². The molecule has 1 amide bonds. The number of amides is 1. The van der Waals surface area contributed by atoms with Gasteiger partial charge in [0, 0.05) is 13.0 Å². The predicted molar refractivity (Wildman–Crippen MR) is 102 cm³/mol. The number of carbonyl (C=O) groups is 2. The third-order valence-corrected chi connectivity index (χ3v) is 4.63. The van der Waals surface area contributed by atoms with Gasteiger partial charge in [-0.3, -0.25) is 9.59 Å². The number of rotatable bonds is 7. The minimum absolute atomic E-state index is 0.180. The van der Waals surface area contributed by atoms with Gasteiger partial charge in [-0.25, -0.2) is 0 Å². The van der Waals surface area contributed by atoms with Gasteiger partial charge < -0.3 is 14.7 Å². The number of benzene rings is 2. The number of aliphatic hydroxyl groups excluding tert-OH is 1. The zero-order valence-corrected chi connectivity index (χ0v) is 15.5. The molecule has 5 heteroatoms. The number of ketones is 1. The average molecular weight is 365 g/mol. The molecule has 0 radical (unpaired) electrons. The normalized spacial score (nSPS) is 16.7. The Bertz CT molecular complexity index is 856. The second-order valence-corrected chi connectivity index (χ2v) is 6.36. The summed E-state index contributed by atoms with van der Waals surface area (Å²) >= 11 is 0. The highest BCUT2D eigenvalue weighted by Gasteiger charge is 2.42. The highest BCUT2D eigenvalue weighted by atomic mass is 16.5. The van der Waals surface area contributed by atoms with Gasteiger partial charge in [-0.2, -0.15) is 0 Å². The second-order valence-electron chi connectivity index (χ2n) is 6.36. The van der Waals surface area contributed by atoms with Crippen molar-refractivity contribution >= 4 is 11.7 Å². The fourth-order valence-electron chi connectivity index (χ4n) is 3.33. The lowest BCUT2D eigenvalue weighted by atomic mass is 9.95. The maximum absolute atomic E-state index is 12.7. The maximum atomic E-state index is 12.7. The number of ether oxygens (including phenoxy) is 1. The van der Waals surface area contributed by atoms with E-state index in [1.165, 1.54) is 0 Å². The summed E-state index contributed by atoms with van der Waals surface area (Å²) in [5.41, 5.74) is 1.88. The summed E-state index contributed by atoms with van der Waals surface area (Å²) in [5, 5.41) is 10.4. The molecule has 0 saturated heterocycles. The Morgan fingerprint density at radius 3 is 2.33 bits per heavy atom. The number of Topliss-reactive ketones (excluding diaryl/α,β-unsaturated/α-hetero) is 1. The van der Waals surface area contributed by atoms with E-state index in [-0.39, 0.29) is 24.3 Å². The number of hydrogen-bond donors (Lipinski definition) is 1. The van der Waals surface area contributed by atoms with Crippen molar-refractivity contribution in [2.24, 2.45) is 0 Å². The van der Waals surface area contributed by atoms with Crippen molar-refractivity contribution in [2.45, 2.75) is 32.9 Å². The average Bonchev–Trinajstić information content (AvgIpc) is 2.94. The van der Waals surface area contributed by atoms with Crippen LogP contribution in [0.2, 0.25) is 0 Å². The first-order chi connectivity index (χ1) is 13.1. The predicted octanol–water partition coefficient (Wildman–Crippen LogP) is 3.96. The fourth-order valence-corrected chi connectivity index (χ4v) is 3.33. The van der Waals surface area contributed by atoms with E-state index in [0.29, 0.717) is 6.61 Å². The van der Waals surface area contributed by atoms with Crippen molar-refractivity contribution in [1.29, 1.82) is 0 Å². The van der Waals surface area contributed by atoms with Crippen LogP contribution in [0.25, 0.3) is 0 Å². The quantitative estimate of drug-likeness (QED) is 0.806. The molecule has 5 nitrogen and oxygen atoms in total. The zero-order valence-electron chi connectivity index (χ0n) is 15.5. The van der Waals surface area contributed by atoms with Crippen molar-refractivity contribution in [3.05, 3.63) is 77.1 Å². The van der Waals surface area contributed by atoms with E-state index in [2.05, 4.69) is 0 Å². The van der Waals surface area contributed by atoms with Crippen molar-refractivity contribution < 1.29 is 19.4 Å². The molecule has 0 spiro atoms. The molecule has 2 aromatic rings. The number of nitrogens with zero attached hydrogens (tertiary/aromatic N) is 1. The SMILES string of the molecule is CCOc1ccc(CN2C(=O)C(O)=C(C(=O)CC)C2c2ccccc2)cc1. The lowest BCUT2D eigenvalue weighted by Crippen LogP contribution is -2.30. The third-order valence-electron chi connectivity index (χ3n) is 4.63. The van der Waals surface area contributed by atoms with Crippen LogP contribution in [-0.2, 0) is 16.1 Å². The molecule has 0 aromatic heterocycles. The van der Waals surface area contributed by atoms with Crippen LogP contribution >= 0.6 is 0 Å². The summed E-state index contributed by atoms with van der Waals surface area (Å²) < 4.78 is 5.45. The molecule has 27 heavy (non-hydrogen) atoms. The molecule has 3 rings (SSSR count). The summed E-state index contributed by atoms with van der Waals surface area (Å²) in [7, 11) is 0. The molecule has 2 aromatic carbocycles. The van der Waals surface area contributed by atoms with Crippen LogP contribution in [-0.4, -0.2) is 28.3 Å². The van der Waals surface area contributed by atoms with Crippen molar-refractivity contribution in [3.63, 3.8) is 0 Å². The molecular formula is C22H23NO4. The summed E-state index contributed by atoms with van der Waals surface area (Å²) in [6, 6.07) is 16.2. The fraction of sp³-hybridized carbons (Fsp3) is 0.273. The van der Waals surface area contributed by atoms with E-state index >= 15 is 0 Å². The van der Waals surface area contributed by atoms with Crippen molar-refractivity contribution in [1.82, 2.24) is 4.90 Å². The van der Waals surface area contributed by atoms with Gasteiger partial charge in [0.05, 0.1) is 18.2 Å². The van der Waals surface area contributed by atoms with Crippen LogP contribution < -0.4 is 4.74 Å². The van der Waals surface area contributed by atoms with E-state index in [9.17, 15) is 14.7 Å². The molecule has 0 saturated carbocycles. The lowest BCUT2D eigenvalue weighted by molar-refractivity contribution is -0.130. The van der Waals surface area contributed by atoms with E-state index in [1.54, 1.807) is 11.8 Å². The first-order valence-electron chi connectivity index (χ1n) is 9.10. The molecule has 0 aliphatic carbocycles. The summed E-state index contributed by atoms with van der Waals surface area (Å²) in [6.07, 6.45) is 0.229. The zero-order chi connectivity index (χ0) is 19.4. The van der Waals surface area contributed by atoms with Crippen LogP contribution in [0.4, 0.5) is 0 Å². The summed E-state index contributed by atoms with van der Waals surface area (Å²) in [4.78, 5) is 26.7. The standard InChI is InChI=1S/C22H23NO4/c1-3-18(24)19-20(16-8-6-5-7-9-16)23(22(26)21(19)25)14-15-10-12-17(13-11-15)27-4-2/h5-13,20,25H,3-4,14H2,1-2H3. The molecular weight excluding hydrogens is 342 g/mol. The Morgan fingerprint density at radius 2 is 1.74 bits per heavy atom. The smallest absolute Gasteiger partial charge is 0.290 e. The van der Waals surface area contributed by atoms with Crippen LogP contribution in [0.5, 0.6) is 5.75 Å². The van der Waals surface area contributed by atoms with Crippen LogP contribution in [0.3, 0.4) is 0 Å². The first-order valence-corrected chi connectivity index (χ1v) is 9.10. The van der Waals surface area contributed by atoms with Gasteiger partial charge >= 0.3 is 0 Å². The van der Waals surface area contributed by atoms with Gasteiger partial charge in [0.25, 0.3) is 5.91 Å². The number of aliphatic hydroxyl groups is 1. The molecule has 0 fully saturated rings. The molecule has 140 valence electrons. The highest BCUT2D eigenvalue weighted by Crippen LogP contribution is 2.39. The minimum Gasteiger partial charge on any atom is -0.503 e. The van der Waals surface area contributed by atoms with Gasteiger partial charge in [0.2, 0.25) is 0 Å². The Labute approximate surface area is 158 Å². The molecule has 1 atom stereocenters. The summed E-state index contributed by atoms with van der Waals surface area (Å²) in [5.74, 6) is -0.420. The first kappa shape index (κ1) is 18.7.